The summed E-state index contributed by atoms with van der Waals surface area (Å²) >= 11 is 1.64. The quantitative estimate of drug-likeness (QED) is 0.878. The standard InChI is InChI=1S/C18H29N4S/c1-12-10-13(17(2,3)4)22(14(11-12)18(5,6)7)16-21-20-15(23-16)8-9-19/h10-11H,8-9,19H2,1-7H3/q+1. The summed E-state index contributed by atoms with van der Waals surface area (Å²) in [6.07, 6.45) is 0.778. The molecule has 126 valence electrons. The predicted molar refractivity (Wildman–Crippen MR) is 96.3 cm³/mol. The van der Waals surface area contributed by atoms with Crippen molar-refractivity contribution in [2.45, 2.75) is 65.7 Å². The molecule has 0 atom stereocenters. The lowest BCUT2D eigenvalue weighted by Crippen LogP contribution is -2.48. The molecule has 0 spiro atoms. The van der Waals surface area contributed by atoms with Gasteiger partial charge in [0.15, 0.2) is 0 Å². The Kier molecular flexibility index (Phi) is 4.92. The van der Waals surface area contributed by atoms with Gasteiger partial charge in [0.1, 0.15) is 16.4 Å². The Morgan fingerprint density at radius 3 is 1.96 bits per heavy atom. The number of hydrogen-bond donors (Lipinski definition) is 1. The average Bonchev–Trinajstić information content (AvgIpc) is 2.84. The molecule has 0 aromatic carbocycles. The Morgan fingerprint density at radius 1 is 1.00 bits per heavy atom. The van der Waals surface area contributed by atoms with E-state index >= 15 is 0 Å². The number of pyridine rings is 1. The monoisotopic (exact) mass is 333 g/mol. The summed E-state index contributed by atoms with van der Waals surface area (Å²) in [5.41, 5.74) is 9.50. The van der Waals surface area contributed by atoms with Crippen LogP contribution < -0.4 is 10.3 Å². The lowest BCUT2D eigenvalue weighted by Gasteiger charge is -2.26. The molecule has 2 rings (SSSR count). The molecule has 0 saturated heterocycles. The zero-order valence-electron chi connectivity index (χ0n) is 15.4. The fourth-order valence-electron chi connectivity index (χ4n) is 2.60. The second kappa shape index (κ2) is 6.29. The van der Waals surface area contributed by atoms with Gasteiger partial charge in [0.05, 0.1) is 5.10 Å². The van der Waals surface area contributed by atoms with Crippen LogP contribution in [0.25, 0.3) is 5.13 Å². The van der Waals surface area contributed by atoms with Gasteiger partial charge < -0.3 is 5.73 Å². The van der Waals surface area contributed by atoms with Gasteiger partial charge in [-0.2, -0.15) is 4.57 Å². The van der Waals surface area contributed by atoms with E-state index in [2.05, 4.69) is 75.4 Å². The topological polar surface area (TPSA) is 55.7 Å². The van der Waals surface area contributed by atoms with Gasteiger partial charge in [-0.25, -0.2) is 0 Å². The molecule has 2 aromatic rings. The zero-order valence-corrected chi connectivity index (χ0v) is 16.2. The van der Waals surface area contributed by atoms with Crippen LogP contribution in [0.15, 0.2) is 12.1 Å². The van der Waals surface area contributed by atoms with Gasteiger partial charge in [0.25, 0.3) is 0 Å². The van der Waals surface area contributed by atoms with Gasteiger partial charge >= 0.3 is 5.13 Å². The van der Waals surface area contributed by atoms with E-state index in [1.807, 2.05) is 0 Å². The fraction of sp³-hybridized carbons (Fsp3) is 0.611. The van der Waals surface area contributed by atoms with E-state index in [4.69, 9.17) is 5.73 Å². The third-order valence-electron chi connectivity index (χ3n) is 3.75. The Hall–Kier alpha value is -1.33. The lowest BCUT2D eigenvalue weighted by molar-refractivity contribution is -0.620. The highest BCUT2D eigenvalue weighted by molar-refractivity contribution is 7.13. The van der Waals surface area contributed by atoms with Crippen LogP contribution in [-0.4, -0.2) is 16.7 Å². The van der Waals surface area contributed by atoms with Gasteiger partial charge in [-0.05, 0) is 47.6 Å². The normalized spacial score (nSPS) is 12.7. The van der Waals surface area contributed by atoms with Crippen molar-refractivity contribution in [3.63, 3.8) is 0 Å². The van der Waals surface area contributed by atoms with E-state index < -0.39 is 0 Å². The highest BCUT2D eigenvalue weighted by Gasteiger charge is 2.33. The molecule has 0 fully saturated rings. The average molecular weight is 334 g/mol. The molecular weight excluding hydrogens is 304 g/mol. The maximum absolute atomic E-state index is 5.66. The number of aromatic nitrogens is 3. The summed E-state index contributed by atoms with van der Waals surface area (Å²) in [5.74, 6) is 0. The Labute approximate surface area is 143 Å². The molecule has 0 amide bonds. The summed E-state index contributed by atoms with van der Waals surface area (Å²) in [5, 5.41) is 10.7. The van der Waals surface area contributed by atoms with Crippen molar-refractivity contribution >= 4 is 11.3 Å². The highest BCUT2D eigenvalue weighted by atomic mass is 32.1. The molecule has 4 nitrogen and oxygen atoms in total. The smallest absolute Gasteiger partial charge is 0.330 e. The van der Waals surface area contributed by atoms with Crippen molar-refractivity contribution in [2.75, 3.05) is 6.54 Å². The van der Waals surface area contributed by atoms with E-state index in [0.717, 1.165) is 16.6 Å². The van der Waals surface area contributed by atoms with Crippen molar-refractivity contribution in [2.24, 2.45) is 5.73 Å². The Bertz CT molecular complexity index is 655. The minimum absolute atomic E-state index is 0.0196. The second-order valence-electron chi connectivity index (χ2n) is 8.16. The van der Waals surface area contributed by atoms with Crippen LogP contribution in [0.1, 0.15) is 63.5 Å². The number of nitrogens with zero attached hydrogens (tertiary/aromatic N) is 3. The summed E-state index contributed by atoms with van der Waals surface area (Å²) in [7, 11) is 0. The molecule has 0 saturated carbocycles. The number of aryl methyl sites for hydroxylation is 1. The predicted octanol–water partition coefficient (Wildman–Crippen LogP) is 3.22. The van der Waals surface area contributed by atoms with E-state index in [-0.39, 0.29) is 10.8 Å². The molecule has 2 aromatic heterocycles. The molecule has 2 heterocycles. The van der Waals surface area contributed by atoms with Crippen molar-refractivity contribution in [3.05, 3.63) is 34.1 Å². The molecule has 0 aliphatic rings. The Morgan fingerprint density at radius 2 is 1.52 bits per heavy atom. The van der Waals surface area contributed by atoms with E-state index in [9.17, 15) is 0 Å². The van der Waals surface area contributed by atoms with Crippen LogP contribution in [0.4, 0.5) is 0 Å². The maximum atomic E-state index is 5.66. The van der Waals surface area contributed by atoms with Crippen LogP contribution in [0.5, 0.6) is 0 Å². The molecular formula is C18H29N4S+. The summed E-state index contributed by atoms with van der Waals surface area (Å²) < 4.78 is 2.30. The highest BCUT2D eigenvalue weighted by Crippen LogP contribution is 2.28. The van der Waals surface area contributed by atoms with Crippen molar-refractivity contribution in [1.82, 2.24) is 10.2 Å². The van der Waals surface area contributed by atoms with Crippen LogP contribution in [0, 0.1) is 6.92 Å². The summed E-state index contributed by atoms with van der Waals surface area (Å²) in [6.45, 7) is 16.2. The van der Waals surface area contributed by atoms with Crippen LogP contribution in [0.2, 0.25) is 0 Å². The summed E-state index contributed by atoms with van der Waals surface area (Å²) in [6, 6.07) is 4.53. The molecule has 2 N–H and O–H groups in total. The van der Waals surface area contributed by atoms with Gasteiger partial charge in [0.2, 0.25) is 0 Å². The first-order valence-corrected chi connectivity index (χ1v) is 8.96. The SMILES string of the molecule is Cc1cc(C(C)(C)C)[n+](-c2nnc(CCN)s2)c(C(C)(C)C)c1. The summed E-state index contributed by atoms with van der Waals surface area (Å²) in [4.78, 5) is 0. The van der Waals surface area contributed by atoms with Crippen molar-refractivity contribution in [1.29, 1.82) is 0 Å². The molecule has 5 heteroatoms. The van der Waals surface area contributed by atoms with Crippen LogP contribution in [0.3, 0.4) is 0 Å². The first kappa shape index (κ1) is 18.0. The number of hydrogen-bond acceptors (Lipinski definition) is 4. The lowest BCUT2D eigenvalue weighted by atomic mass is 9.86. The maximum Gasteiger partial charge on any atom is 0.415 e. The van der Waals surface area contributed by atoms with E-state index in [1.54, 1.807) is 11.3 Å². The minimum atomic E-state index is 0.0196. The molecule has 0 aliphatic heterocycles. The van der Waals surface area contributed by atoms with Crippen LogP contribution in [-0.2, 0) is 17.3 Å². The fourth-order valence-corrected chi connectivity index (χ4v) is 3.48. The molecule has 0 bridgehead atoms. The first-order valence-electron chi connectivity index (χ1n) is 8.14. The molecule has 0 aliphatic carbocycles. The largest absolute Gasteiger partial charge is 0.415 e. The third-order valence-corrected chi connectivity index (χ3v) is 4.72. The van der Waals surface area contributed by atoms with Crippen LogP contribution >= 0.6 is 11.3 Å². The first-order chi connectivity index (χ1) is 10.5. The van der Waals surface area contributed by atoms with E-state index in [1.165, 1.54) is 17.0 Å². The number of rotatable bonds is 3. The molecule has 0 radical (unpaired) electrons. The van der Waals surface area contributed by atoms with Crippen molar-refractivity contribution in [3.8, 4) is 5.13 Å². The number of nitrogens with two attached hydrogens (primary N) is 1. The van der Waals surface area contributed by atoms with Gasteiger partial charge in [-0.1, -0.05) is 41.5 Å². The second-order valence-corrected chi connectivity index (χ2v) is 9.20. The van der Waals surface area contributed by atoms with E-state index in [0.29, 0.717) is 6.54 Å². The van der Waals surface area contributed by atoms with Crippen molar-refractivity contribution < 1.29 is 4.57 Å². The molecule has 23 heavy (non-hydrogen) atoms. The van der Waals surface area contributed by atoms with Gasteiger partial charge in [-0.3, -0.25) is 0 Å². The minimum Gasteiger partial charge on any atom is -0.330 e. The van der Waals surface area contributed by atoms with Gasteiger partial charge in [-0.15, -0.1) is 0 Å². The third kappa shape index (κ3) is 3.96. The Balaban J connectivity index is 2.76. The molecule has 0 unspecified atom stereocenters. The zero-order chi connectivity index (χ0) is 17.4. The van der Waals surface area contributed by atoms with Gasteiger partial charge in [0, 0.05) is 17.3 Å².